The van der Waals surface area contributed by atoms with Gasteiger partial charge in [-0.25, -0.2) is 0 Å². The zero-order valence-electron chi connectivity index (χ0n) is 13.0. The average molecular weight is 315 g/mol. The number of hydrogen-bond acceptors (Lipinski definition) is 3. The molecule has 0 saturated heterocycles. The van der Waals surface area contributed by atoms with Crippen LogP contribution in [0.3, 0.4) is 0 Å². The number of allylic oxidation sites excluding steroid dienone is 1. The number of phenolic OH excluding ortho intramolecular Hbond substituents is 1. The van der Waals surface area contributed by atoms with Crippen LogP contribution < -0.4 is 5.32 Å². The van der Waals surface area contributed by atoms with Crippen molar-refractivity contribution >= 4 is 17.2 Å². The summed E-state index contributed by atoms with van der Waals surface area (Å²) in [5.74, 6) is 0.0869. The Kier molecular flexibility index (Phi) is 4.73. The lowest BCUT2D eigenvalue weighted by Crippen LogP contribution is -2.03. The Morgan fingerprint density at radius 1 is 0.792 bits per heavy atom. The fourth-order valence-electron chi connectivity index (χ4n) is 2.37. The van der Waals surface area contributed by atoms with E-state index in [-0.39, 0.29) is 11.5 Å². The lowest BCUT2D eigenvalue weighted by atomic mass is 10.1. The molecule has 0 fully saturated rings. The van der Waals surface area contributed by atoms with Crippen molar-refractivity contribution < 1.29 is 9.90 Å². The summed E-state index contributed by atoms with van der Waals surface area (Å²) in [7, 11) is 0. The van der Waals surface area contributed by atoms with Crippen molar-refractivity contribution in [2.75, 3.05) is 5.32 Å². The number of nitrogens with one attached hydrogen (secondary N) is 1. The van der Waals surface area contributed by atoms with Gasteiger partial charge in [-0.1, -0.05) is 66.7 Å². The van der Waals surface area contributed by atoms with Crippen LogP contribution in [0.4, 0.5) is 5.69 Å². The normalized spacial score (nSPS) is 11.1. The summed E-state index contributed by atoms with van der Waals surface area (Å²) in [4.78, 5) is 12.5. The van der Waals surface area contributed by atoms with E-state index in [1.165, 1.54) is 0 Å². The topological polar surface area (TPSA) is 49.3 Å². The van der Waals surface area contributed by atoms with Crippen LogP contribution in [0.1, 0.15) is 15.9 Å². The number of phenols is 1. The van der Waals surface area contributed by atoms with Crippen molar-refractivity contribution in [3.05, 3.63) is 102 Å². The van der Waals surface area contributed by atoms with Crippen LogP contribution in [0.25, 0.3) is 5.70 Å². The zero-order chi connectivity index (χ0) is 16.8. The number of benzene rings is 3. The molecule has 24 heavy (non-hydrogen) atoms. The molecule has 3 nitrogen and oxygen atoms in total. The molecule has 0 aliphatic rings. The average Bonchev–Trinajstić information content (AvgIpc) is 2.63. The second kappa shape index (κ2) is 7.29. The van der Waals surface area contributed by atoms with Crippen molar-refractivity contribution in [2.24, 2.45) is 0 Å². The first-order valence-corrected chi connectivity index (χ1v) is 7.65. The Morgan fingerprint density at radius 2 is 1.42 bits per heavy atom. The molecule has 0 radical (unpaired) electrons. The SMILES string of the molecule is O=C(C=C(Nc1cccc(O)c1)c1ccccc1)c1ccccc1. The number of aromatic hydroxyl groups is 1. The van der Waals surface area contributed by atoms with E-state index >= 15 is 0 Å². The largest absolute Gasteiger partial charge is 0.508 e. The van der Waals surface area contributed by atoms with Crippen molar-refractivity contribution in [2.45, 2.75) is 0 Å². The second-order valence-electron chi connectivity index (χ2n) is 5.33. The number of anilines is 1. The fraction of sp³-hybridized carbons (Fsp3) is 0. The summed E-state index contributed by atoms with van der Waals surface area (Å²) < 4.78 is 0. The van der Waals surface area contributed by atoms with Crippen LogP contribution in [0, 0.1) is 0 Å². The maximum Gasteiger partial charge on any atom is 0.187 e. The smallest absolute Gasteiger partial charge is 0.187 e. The lowest BCUT2D eigenvalue weighted by Gasteiger charge is -2.12. The number of hydrogen-bond donors (Lipinski definition) is 2. The number of rotatable bonds is 5. The third-order valence-corrected chi connectivity index (χ3v) is 3.54. The molecule has 0 unspecified atom stereocenters. The second-order valence-corrected chi connectivity index (χ2v) is 5.33. The van der Waals surface area contributed by atoms with Gasteiger partial charge in [-0.15, -0.1) is 0 Å². The van der Waals surface area contributed by atoms with Crippen molar-refractivity contribution in [3.63, 3.8) is 0 Å². The number of ketones is 1. The molecule has 0 bridgehead atoms. The summed E-state index contributed by atoms with van der Waals surface area (Å²) in [5.41, 5.74) is 2.91. The third kappa shape index (κ3) is 3.90. The molecule has 0 aliphatic heterocycles. The first-order valence-electron chi connectivity index (χ1n) is 7.65. The van der Waals surface area contributed by atoms with Crippen LogP contribution in [-0.4, -0.2) is 10.9 Å². The van der Waals surface area contributed by atoms with Gasteiger partial charge in [0.25, 0.3) is 0 Å². The highest BCUT2D eigenvalue weighted by atomic mass is 16.3. The number of carbonyl (C=O) groups excluding carboxylic acids is 1. The molecule has 0 saturated carbocycles. The monoisotopic (exact) mass is 315 g/mol. The molecule has 0 spiro atoms. The first-order chi connectivity index (χ1) is 11.7. The molecule has 3 rings (SSSR count). The van der Waals surface area contributed by atoms with Gasteiger partial charge in [0.05, 0.1) is 0 Å². The first kappa shape index (κ1) is 15.6. The van der Waals surface area contributed by atoms with Crippen LogP contribution in [0.5, 0.6) is 5.75 Å². The molecule has 0 aliphatic carbocycles. The van der Waals surface area contributed by atoms with Crippen LogP contribution in [0.15, 0.2) is 91.0 Å². The van der Waals surface area contributed by atoms with Gasteiger partial charge in [-0.2, -0.15) is 0 Å². The summed E-state index contributed by atoms with van der Waals surface area (Å²) in [6.45, 7) is 0. The number of carbonyl (C=O) groups is 1. The summed E-state index contributed by atoms with van der Waals surface area (Å²) in [6.07, 6.45) is 1.58. The van der Waals surface area contributed by atoms with Crippen LogP contribution in [-0.2, 0) is 0 Å². The minimum Gasteiger partial charge on any atom is -0.508 e. The molecule has 118 valence electrons. The summed E-state index contributed by atoms with van der Waals surface area (Å²) in [5, 5.41) is 12.8. The summed E-state index contributed by atoms with van der Waals surface area (Å²) >= 11 is 0. The van der Waals surface area contributed by atoms with Gasteiger partial charge in [0.2, 0.25) is 0 Å². The van der Waals surface area contributed by atoms with Gasteiger partial charge >= 0.3 is 0 Å². The fourth-order valence-corrected chi connectivity index (χ4v) is 2.37. The van der Waals surface area contributed by atoms with E-state index in [1.54, 1.807) is 36.4 Å². The molecule has 0 heterocycles. The molecule has 3 heteroatoms. The Balaban J connectivity index is 1.96. The minimum absolute atomic E-state index is 0.0814. The predicted octanol–water partition coefficient (Wildman–Crippen LogP) is 4.73. The van der Waals surface area contributed by atoms with E-state index in [4.69, 9.17) is 0 Å². The quantitative estimate of drug-likeness (QED) is 0.529. The third-order valence-electron chi connectivity index (χ3n) is 3.54. The van der Waals surface area contributed by atoms with E-state index < -0.39 is 0 Å². The summed E-state index contributed by atoms with van der Waals surface area (Å²) in [6, 6.07) is 25.6. The highest BCUT2D eigenvalue weighted by Gasteiger charge is 2.08. The predicted molar refractivity (Wildman–Crippen MR) is 96.9 cm³/mol. The van der Waals surface area contributed by atoms with Crippen molar-refractivity contribution in [3.8, 4) is 5.75 Å². The van der Waals surface area contributed by atoms with Gasteiger partial charge in [-0.3, -0.25) is 4.79 Å². The standard InChI is InChI=1S/C21H17NO2/c23-19-13-7-12-18(14-19)22-20(16-8-3-1-4-9-16)15-21(24)17-10-5-2-6-11-17/h1-15,22-23H. The van der Waals surface area contributed by atoms with E-state index in [0.29, 0.717) is 16.9 Å². The molecule has 0 amide bonds. The van der Waals surface area contributed by atoms with Crippen molar-refractivity contribution in [1.82, 2.24) is 0 Å². The Morgan fingerprint density at radius 3 is 2.04 bits per heavy atom. The molecular weight excluding hydrogens is 298 g/mol. The van der Waals surface area contributed by atoms with Gasteiger partial charge in [0.1, 0.15) is 5.75 Å². The zero-order valence-corrected chi connectivity index (χ0v) is 13.0. The van der Waals surface area contributed by atoms with Gasteiger partial charge in [0, 0.05) is 29.1 Å². The Hall–Kier alpha value is -3.33. The molecular formula is C21H17NO2. The van der Waals surface area contributed by atoms with Gasteiger partial charge in [-0.05, 0) is 17.7 Å². The van der Waals surface area contributed by atoms with E-state index in [1.807, 2.05) is 54.6 Å². The maximum absolute atomic E-state index is 12.5. The Labute approximate surface area is 140 Å². The van der Waals surface area contributed by atoms with E-state index in [9.17, 15) is 9.90 Å². The maximum atomic E-state index is 12.5. The van der Waals surface area contributed by atoms with E-state index in [0.717, 1.165) is 5.56 Å². The minimum atomic E-state index is -0.0814. The molecule has 3 aromatic rings. The molecule has 0 aromatic heterocycles. The highest BCUT2D eigenvalue weighted by Crippen LogP contribution is 2.22. The highest BCUT2D eigenvalue weighted by molar-refractivity contribution is 6.09. The molecule has 3 aromatic carbocycles. The van der Waals surface area contributed by atoms with Gasteiger partial charge in [0.15, 0.2) is 5.78 Å². The lowest BCUT2D eigenvalue weighted by molar-refractivity contribution is 0.104. The van der Waals surface area contributed by atoms with Crippen molar-refractivity contribution in [1.29, 1.82) is 0 Å². The van der Waals surface area contributed by atoms with E-state index in [2.05, 4.69) is 5.32 Å². The Bertz CT molecular complexity index is 855. The molecule has 0 atom stereocenters. The van der Waals surface area contributed by atoms with Gasteiger partial charge < -0.3 is 10.4 Å². The van der Waals surface area contributed by atoms with Crippen LogP contribution >= 0.6 is 0 Å². The molecule has 2 N–H and O–H groups in total. The van der Waals surface area contributed by atoms with Crippen LogP contribution in [0.2, 0.25) is 0 Å².